The third-order valence-corrected chi connectivity index (χ3v) is 3.07. The molecule has 0 aliphatic rings. The summed E-state index contributed by atoms with van der Waals surface area (Å²) in [5, 5.41) is 1.34. The van der Waals surface area contributed by atoms with E-state index in [1.165, 1.54) is 22.2 Å². The molecule has 74 valence electrons. The van der Waals surface area contributed by atoms with Crippen molar-refractivity contribution < 1.29 is 0 Å². The summed E-state index contributed by atoms with van der Waals surface area (Å²) in [6, 6.07) is 6.38. The van der Waals surface area contributed by atoms with Gasteiger partial charge in [0.25, 0.3) is 0 Å². The van der Waals surface area contributed by atoms with E-state index < -0.39 is 0 Å². The van der Waals surface area contributed by atoms with E-state index in [1.807, 2.05) is 0 Å². The molecule has 1 aromatic heterocycles. The zero-order chi connectivity index (χ0) is 10.3. The van der Waals surface area contributed by atoms with Crippen LogP contribution < -0.4 is 0 Å². The molecule has 1 N–H and O–H groups in total. The van der Waals surface area contributed by atoms with E-state index in [0.717, 1.165) is 4.47 Å². The van der Waals surface area contributed by atoms with Gasteiger partial charge in [-0.15, -0.1) is 0 Å². The average Bonchev–Trinajstić information content (AvgIpc) is 2.40. The molecule has 2 heteroatoms. The van der Waals surface area contributed by atoms with Gasteiger partial charge in [0.05, 0.1) is 0 Å². The molecule has 1 aromatic carbocycles. The summed E-state index contributed by atoms with van der Waals surface area (Å²) in [6.45, 7) is 6.61. The molecule has 0 radical (unpaired) electrons. The van der Waals surface area contributed by atoms with Gasteiger partial charge in [-0.25, -0.2) is 0 Å². The lowest BCUT2D eigenvalue weighted by Crippen LogP contribution is -1.87. The summed E-state index contributed by atoms with van der Waals surface area (Å²) in [4.78, 5) is 3.41. The van der Waals surface area contributed by atoms with Gasteiger partial charge in [0, 0.05) is 21.1 Å². The predicted octanol–water partition coefficient (Wildman–Crippen LogP) is 4.36. The highest BCUT2D eigenvalue weighted by atomic mass is 79.9. The zero-order valence-corrected chi connectivity index (χ0v) is 10.3. The first kappa shape index (κ1) is 9.78. The van der Waals surface area contributed by atoms with Crippen LogP contribution in [0.15, 0.2) is 22.7 Å². The number of aromatic amines is 1. The maximum absolute atomic E-state index is 3.51. The first-order chi connectivity index (χ1) is 6.59. The molecule has 0 saturated heterocycles. The van der Waals surface area contributed by atoms with Crippen molar-refractivity contribution in [2.75, 3.05) is 0 Å². The fourth-order valence-electron chi connectivity index (χ4n) is 2.06. The van der Waals surface area contributed by atoms with Gasteiger partial charge in [-0.05, 0) is 36.6 Å². The molecule has 0 atom stereocenters. The number of hydrogen-bond donors (Lipinski definition) is 1. The van der Waals surface area contributed by atoms with Crippen LogP contribution in [0.5, 0.6) is 0 Å². The van der Waals surface area contributed by atoms with Crippen LogP contribution in [0.2, 0.25) is 0 Å². The highest BCUT2D eigenvalue weighted by Gasteiger charge is 2.11. The molecular weight excluding hydrogens is 238 g/mol. The van der Waals surface area contributed by atoms with E-state index in [4.69, 9.17) is 0 Å². The van der Waals surface area contributed by atoms with Crippen LogP contribution in [0.1, 0.15) is 31.0 Å². The van der Waals surface area contributed by atoms with E-state index in [1.54, 1.807) is 0 Å². The lowest BCUT2D eigenvalue weighted by Gasteiger charge is -2.04. The van der Waals surface area contributed by atoms with Crippen LogP contribution in [-0.4, -0.2) is 4.98 Å². The van der Waals surface area contributed by atoms with Gasteiger partial charge in [-0.1, -0.05) is 29.8 Å². The SMILES string of the molecule is Cc1[nH]c2ccc(Br)cc2c1C(C)C. The molecule has 14 heavy (non-hydrogen) atoms. The van der Waals surface area contributed by atoms with Crippen molar-refractivity contribution in [1.29, 1.82) is 0 Å². The fourth-order valence-corrected chi connectivity index (χ4v) is 2.42. The van der Waals surface area contributed by atoms with Crippen LogP contribution in [0.25, 0.3) is 10.9 Å². The molecule has 0 aliphatic heterocycles. The van der Waals surface area contributed by atoms with Gasteiger partial charge in [-0.2, -0.15) is 0 Å². The quantitative estimate of drug-likeness (QED) is 0.776. The molecule has 0 spiro atoms. The van der Waals surface area contributed by atoms with Gasteiger partial charge in [0.1, 0.15) is 0 Å². The van der Waals surface area contributed by atoms with Crippen molar-refractivity contribution in [2.45, 2.75) is 26.7 Å². The van der Waals surface area contributed by atoms with E-state index in [-0.39, 0.29) is 0 Å². The second kappa shape index (κ2) is 3.43. The minimum absolute atomic E-state index is 0.568. The Morgan fingerprint density at radius 3 is 2.64 bits per heavy atom. The Labute approximate surface area is 92.6 Å². The van der Waals surface area contributed by atoms with Crippen molar-refractivity contribution in [2.24, 2.45) is 0 Å². The first-order valence-corrected chi connectivity index (χ1v) is 5.66. The Morgan fingerprint density at radius 2 is 2.00 bits per heavy atom. The number of hydrogen-bond acceptors (Lipinski definition) is 0. The number of H-pyrrole nitrogens is 1. The minimum Gasteiger partial charge on any atom is -0.358 e. The zero-order valence-electron chi connectivity index (χ0n) is 8.69. The lowest BCUT2D eigenvalue weighted by atomic mass is 10.00. The summed E-state index contributed by atoms with van der Waals surface area (Å²) >= 11 is 3.51. The highest BCUT2D eigenvalue weighted by molar-refractivity contribution is 9.10. The molecule has 1 heterocycles. The Bertz CT molecular complexity index is 468. The molecule has 0 amide bonds. The minimum atomic E-state index is 0.568. The Kier molecular flexibility index (Phi) is 2.40. The van der Waals surface area contributed by atoms with Gasteiger partial charge in [0.2, 0.25) is 0 Å². The molecule has 0 aliphatic carbocycles. The first-order valence-electron chi connectivity index (χ1n) is 4.87. The number of benzene rings is 1. The molecule has 2 rings (SSSR count). The van der Waals surface area contributed by atoms with E-state index in [9.17, 15) is 0 Å². The van der Waals surface area contributed by atoms with Gasteiger partial charge in [0.15, 0.2) is 0 Å². The number of aromatic nitrogens is 1. The summed E-state index contributed by atoms with van der Waals surface area (Å²) in [6.07, 6.45) is 0. The van der Waals surface area contributed by atoms with E-state index >= 15 is 0 Å². The lowest BCUT2D eigenvalue weighted by molar-refractivity contribution is 0.864. The second-order valence-corrected chi connectivity index (χ2v) is 4.92. The van der Waals surface area contributed by atoms with Crippen molar-refractivity contribution in [1.82, 2.24) is 4.98 Å². The topological polar surface area (TPSA) is 15.8 Å². The van der Waals surface area contributed by atoms with Crippen molar-refractivity contribution in [3.05, 3.63) is 33.9 Å². The molecular formula is C12H14BrN. The summed E-state index contributed by atoms with van der Waals surface area (Å²) in [7, 11) is 0. The van der Waals surface area contributed by atoms with Crippen LogP contribution in [0, 0.1) is 6.92 Å². The summed E-state index contributed by atoms with van der Waals surface area (Å²) < 4.78 is 1.14. The fraction of sp³-hybridized carbons (Fsp3) is 0.333. The van der Waals surface area contributed by atoms with Crippen molar-refractivity contribution in [3.63, 3.8) is 0 Å². The maximum atomic E-state index is 3.51. The molecule has 0 unspecified atom stereocenters. The van der Waals surface area contributed by atoms with Crippen LogP contribution >= 0.6 is 15.9 Å². The van der Waals surface area contributed by atoms with E-state index in [0.29, 0.717) is 5.92 Å². The highest BCUT2D eigenvalue weighted by Crippen LogP contribution is 2.30. The second-order valence-electron chi connectivity index (χ2n) is 4.01. The monoisotopic (exact) mass is 251 g/mol. The van der Waals surface area contributed by atoms with E-state index in [2.05, 4.69) is 59.9 Å². The van der Waals surface area contributed by atoms with Crippen LogP contribution in [0.3, 0.4) is 0 Å². The molecule has 0 bridgehead atoms. The molecule has 2 aromatic rings. The smallest absolute Gasteiger partial charge is 0.0459 e. The number of nitrogens with one attached hydrogen (secondary N) is 1. The Balaban J connectivity index is 2.79. The molecule has 0 saturated carbocycles. The van der Waals surface area contributed by atoms with Gasteiger partial charge in [-0.3, -0.25) is 0 Å². The third-order valence-electron chi connectivity index (χ3n) is 2.58. The number of aryl methyl sites for hydroxylation is 1. The van der Waals surface area contributed by atoms with Gasteiger partial charge < -0.3 is 4.98 Å². The summed E-state index contributed by atoms with van der Waals surface area (Å²) in [5.41, 5.74) is 3.95. The summed E-state index contributed by atoms with van der Waals surface area (Å²) in [5.74, 6) is 0.568. The Morgan fingerprint density at radius 1 is 1.29 bits per heavy atom. The molecule has 1 nitrogen and oxygen atoms in total. The predicted molar refractivity (Wildman–Crippen MR) is 64.8 cm³/mol. The molecule has 0 fully saturated rings. The third kappa shape index (κ3) is 1.48. The van der Waals surface area contributed by atoms with Crippen LogP contribution in [-0.2, 0) is 0 Å². The van der Waals surface area contributed by atoms with Crippen LogP contribution in [0.4, 0.5) is 0 Å². The standard InChI is InChI=1S/C12H14BrN/c1-7(2)12-8(3)14-11-5-4-9(13)6-10(11)12/h4-7,14H,1-3H3. The van der Waals surface area contributed by atoms with Gasteiger partial charge >= 0.3 is 0 Å². The number of fused-ring (bicyclic) bond motifs is 1. The average molecular weight is 252 g/mol. The normalized spacial score (nSPS) is 11.5. The largest absolute Gasteiger partial charge is 0.358 e. The maximum Gasteiger partial charge on any atom is 0.0459 e. The van der Waals surface area contributed by atoms with Crippen molar-refractivity contribution in [3.8, 4) is 0 Å². The van der Waals surface area contributed by atoms with Crippen molar-refractivity contribution >= 4 is 26.8 Å². The Hall–Kier alpha value is -0.760. The number of rotatable bonds is 1. The number of halogens is 1.